The molecule has 0 atom stereocenters. The third-order valence-corrected chi connectivity index (χ3v) is 5.29. The van der Waals surface area contributed by atoms with Crippen LogP contribution in [0.2, 0.25) is 0 Å². The summed E-state index contributed by atoms with van der Waals surface area (Å²) in [6.45, 7) is 0. The Labute approximate surface area is 151 Å². The van der Waals surface area contributed by atoms with Crippen molar-refractivity contribution in [1.82, 2.24) is 9.97 Å². The first-order valence-corrected chi connectivity index (χ1v) is 9.92. The van der Waals surface area contributed by atoms with Gasteiger partial charge >= 0.3 is 0 Å². The highest BCUT2D eigenvalue weighted by atomic mass is 16.5. The molecule has 1 saturated carbocycles. The van der Waals surface area contributed by atoms with Crippen molar-refractivity contribution in [1.29, 1.82) is 0 Å². The van der Waals surface area contributed by atoms with E-state index in [0.29, 0.717) is 6.04 Å². The van der Waals surface area contributed by atoms with E-state index in [2.05, 4.69) is 21.4 Å². The zero-order valence-electron chi connectivity index (χ0n) is 15.5. The number of rotatable bonds is 3. The molecule has 1 aliphatic carbocycles. The fourth-order valence-corrected chi connectivity index (χ4v) is 3.78. The SMILES string of the molecule is COc1ccc2c(NC3CCCCCCCCCCC3)ncnc2c1. The van der Waals surface area contributed by atoms with Crippen LogP contribution >= 0.6 is 0 Å². The van der Waals surface area contributed by atoms with E-state index >= 15 is 0 Å². The summed E-state index contributed by atoms with van der Waals surface area (Å²) in [6.07, 6.45) is 16.5. The van der Waals surface area contributed by atoms with E-state index in [-0.39, 0.29) is 0 Å². The van der Waals surface area contributed by atoms with Gasteiger partial charge in [0.2, 0.25) is 0 Å². The van der Waals surface area contributed by atoms with Crippen LogP contribution in [0.4, 0.5) is 5.82 Å². The second kappa shape index (κ2) is 9.59. The second-order valence-electron chi connectivity index (χ2n) is 7.21. The van der Waals surface area contributed by atoms with Gasteiger partial charge in [0, 0.05) is 17.5 Å². The van der Waals surface area contributed by atoms with Crippen molar-refractivity contribution in [2.75, 3.05) is 12.4 Å². The van der Waals surface area contributed by atoms with Crippen LogP contribution in [0.5, 0.6) is 5.75 Å². The van der Waals surface area contributed by atoms with Gasteiger partial charge in [0.05, 0.1) is 12.6 Å². The number of hydrogen-bond acceptors (Lipinski definition) is 4. The highest BCUT2D eigenvalue weighted by Gasteiger charge is 2.12. The fraction of sp³-hybridized carbons (Fsp3) is 0.619. The summed E-state index contributed by atoms with van der Waals surface area (Å²) < 4.78 is 5.31. The topological polar surface area (TPSA) is 47.0 Å². The Morgan fingerprint density at radius 2 is 1.52 bits per heavy atom. The van der Waals surface area contributed by atoms with Gasteiger partial charge in [-0.3, -0.25) is 0 Å². The number of ether oxygens (including phenoxy) is 1. The molecule has 1 heterocycles. The van der Waals surface area contributed by atoms with Crippen LogP contribution < -0.4 is 10.1 Å². The van der Waals surface area contributed by atoms with Crippen molar-refractivity contribution >= 4 is 16.7 Å². The second-order valence-corrected chi connectivity index (χ2v) is 7.21. The molecule has 136 valence electrons. The summed E-state index contributed by atoms with van der Waals surface area (Å²) in [6, 6.07) is 6.53. The quantitative estimate of drug-likeness (QED) is 0.775. The van der Waals surface area contributed by atoms with Gasteiger partial charge in [-0.25, -0.2) is 9.97 Å². The lowest BCUT2D eigenvalue weighted by atomic mass is 9.98. The number of aromatic nitrogens is 2. The molecule has 3 rings (SSSR count). The Kier molecular flexibility index (Phi) is 6.89. The predicted molar refractivity (Wildman–Crippen MR) is 104 cm³/mol. The maximum absolute atomic E-state index is 5.31. The Morgan fingerprint density at radius 3 is 2.16 bits per heavy atom. The molecule has 2 aromatic rings. The summed E-state index contributed by atoms with van der Waals surface area (Å²) in [4.78, 5) is 8.92. The van der Waals surface area contributed by atoms with Gasteiger partial charge in [-0.05, 0) is 25.0 Å². The van der Waals surface area contributed by atoms with Crippen molar-refractivity contribution in [2.45, 2.75) is 76.7 Å². The smallest absolute Gasteiger partial charge is 0.137 e. The van der Waals surface area contributed by atoms with Crippen LogP contribution in [0.15, 0.2) is 24.5 Å². The third kappa shape index (κ3) is 5.32. The first-order chi connectivity index (χ1) is 12.4. The highest BCUT2D eigenvalue weighted by molar-refractivity contribution is 5.89. The van der Waals surface area contributed by atoms with Gasteiger partial charge in [-0.1, -0.05) is 57.8 Å². The van der Waals surface area contributed by atoms with Crippen molar-refractivity contribution in [3.63, 3.8) is 0 Å². The van der Waals surface area contributed by atoms with Crippen LogP contribution in [0.3, 0.4) is 0 Å². The summed E-state index contributed by atoms with van der Waals surface area (Å²) in [5.74, 6) is 1.80. The van der Waals surface area contributed by atoms with Gasteiger partial charge in [-0.15, -0.1) is 0 Å². The van der Waals surface area contributed by atoms with E-state index < -0.39 is 0 Å². The van der Waals surface area contributed by atoms with Gasteiger partial charge in [-0.2, -0.15) is 0 Å². The van der Waals surface area contributed by atoms with Crippen molar-refractivity contribution in [3.05, 3.63) is 24.5 Å². The van der Waals surface area contributed by atoms with Crippen molar-refractivity contribution < 1.29 is 4.74 Å². The van der Waals surface area contributed by atoms with Crippen LogP contribution in [0, 0.1) is 0 Å². The first-order valence-electron chi connectivity index (χ1n) is 9.92. The Bertz CT molecular complexity index is 647. The number of benzene rings is 1. The normalized spacial score (nSPS) is 18.3. The molecule has 0 amide bonds. The number of nitrogens with one attached hydrogen (secondary N) is 1. The number of nitrogens with zero attached hydrogens (tertiary/aromatic N) is 2. The molecule has 1 aliphatic rings. The zero-order valence-corrected chi connectivity index (χ0v) is 15.5. The molecule has 0 aliphatic heterocycles. The van der Waals surface area contributed by atoms with Crippen LogP contribution in [-0.2, 0) is 0 Å². The van der Waals surface area contributed by atoms with Crippen LogP contribution in [0.25, 0.3) is 10.9 Å². The monoisotopic (exact) mass is 341 g/mol. The first kappa shape index (κ1) is 18.0. The van der Waals surface area contributed by atoms with E-state index in [1.807, 2.05) is 12.1 Å². The highest BCUT2D eigenvalue weighted by Crippen LogP contribution is 2.26. The summed E-state index contributed by atoms with van der Waals surface area (Å²) in [5, 5.41) is 4.80. The van der Waals surface area contributed by atoms with Crippen molar-refractivity contribution in [3.8, 4) is 5.75 Å². The summed E-state index contributed by atoms with van der Waals surface area (Å²) >= 11 is 0. The van der Waals surface area contributed by atoms with E-state index in [1.165, 1.54) is 70.6 Å². The number of hydrogen-bond donors (Lipinski definition) is 1. The number of fused-ring (bicyclic) bond motifs is 1. The van der Waals surface area contributed by atoms with Gasteiger partial charge < -0.3 is 10.1 Å². The molecule has 0 bridgehead atoms. The number of anilines is 1. The molecule has 25 heavy (non-hydrogen) atoms. The average Bonchev–Trinajstić information content (AvgIpc) is 2.63. The van der Waals surface area contributed by atoms with Gasteiger partial charge in [0.1, 0.15) is 17.9 Å². The Balaban J connectivity index is 1.70. The van der Waals surface area contributed by atoms with Crippen LogP contribution in [0.1, 0.15) is 70.6 Å². The average molecular weight is 341 g/mol. The largest absolute Gasteiger partial charge is 0.497 e. The molecule has 1 N–H and O–H groups in total. The Hall–Kier alpha value is -1.84. The Morgan fingerprint density at radius 1 is 0.880 bits per heavy atom. The molecule has 4 nitrogen and oxygen atoms in total. The minimum absolute atomic E-state index is 0.514. The molecular formula is C21H31N3O. The molecule has 4 heteroatoms. The van der Waals surface area contributed by atoms with E-state index in [4.69, 9.17) is 4.74 Å². The molecule has 0 saturated heterocycles. The predicted octanol–water partition coefficient (Wildman–Crippen LogP) is 5.72. The minimum atomic E-state index is 0.514. The molecule has 1 aromatic carbocycles. The molecule has 0 radical (unpaired) electrons. The lowest BCUT2D eigenvalue weighted by Crippen LogP contribution is -2.20. The van der Waals surface area contributed by atoms with Crippen molar-refractivity contribution in [2.24, 2.45) is 0 Å². The fourth-order valence-electron chi connectivity index (χ4n) is 3.78. The lowest BCUT2D eigenvalue weighted by Gasteiger charge is -2.21. The standard InChI is InChI=1S/C21H31N3O/c1-25-18-13-14-19-20(15-18)22-16-23-21(19)24-17-11-9-7-5-3-2-4-6-8-10-12-17/h13-17H,2-12H2,1H3,(H,22,23,24). The molecule has 0 unspecified atom stereocenters. The third-order valence-electron chi connectivity index (χ3n) is 5.29. The molecule has 1 aromatic heterocycles. The number of methoxy groups -OCH3 is 1. The van der Waals surface area contributed by atoms with Gasteiger partial charge in [0.25, 0.3) is 0 Å². The van der Waals surface area contributed by atoms with E-state index in [1.54, 1.807) is 13.4 Å². The van der Waals surface area contributed by atoms with E-state index in [0.717, 1.165) is 22.5 Å². The zero-order chi connectivity index (χ0) is 17.3. The lowest BCUT2D eigenvalue weighted by molar-refractivity contribution is 0.415. The molecular weight excluding hydrogens is 310 g/mol. The maximum Gasteiger partial charge on any atom is 0.137 e. The van der Waals surface area contributed by atoms with E-state index in [9.17, 15) is 0 Å². The summed E-state index contributed by atoms with van der Waals surface area (Å²) in [5.41, 5.74) is 0.935. The molecule has 0 spiro atoms. The summed E-state index contributed by atoms with van der Waals surface area (Å²) in [7, 11) is 1.69. The minimum Gasteiger partial charge on any atom is -0.497 e. The molecule has 1 fully saturated rings. The van der Waals surface area contributed by atoms with Gasteiger partial charge in [0.15, 0.2) is 0 Å². The maximum atomic E-state index is 5.31. The van der Waals surface area contributed by atoms with Crippen LogP contribution in [-0.4, -0.2) is 23.1 Å².